The largest absolute Gasteiger partial charge is 0.426 e. The molecule has 0 fully saturated rings. The lowest BCUT2D eigenvalue weighted by atomic mass is 10.2. The number of hydrogen-bond acceptors (Lipinski definition) is 3. The Bertz CT molecular complexity index is 360. The van der Waals surface area contributed by atoms with E-state index in [-0.39, 0.29) is 12.2 Å². The molecule has 0 aliphatic rings. The Balaban J connectivity index is 2.96. The van der Waals surface area contributed by atoms with Crippen LogP contribution in [0.15, 0.2) is 22.7 Å². The van der Waals surface area contributed by atoms with Crippen LogP contribution in [0.1, 0.15) is 16.8 Å². The molecular weight excluding hydrogens is 248 g/mol. The van der Waals surface area contributed by atoms with Crippen molar-refractivity contribution in [3.63, 3.8) is 0 Å². The highest BCUT2D eigenvalue weighted by atomic mass is 79.9. The molecule has 0 saturated heterocycles. The van der Waals surface area contributed by atoms with E-state index in [9.17, 15) is 9.59 Å². The summed E-state index contributed by atoms with van der Waals surface area (Å²) in [5.74, 6) is -0.202. The average molecular weight is 256 g/mol. The first-order chi connectivity index (χ1) is 6.67. The normalized spacial score (nSPS) is 9.57. The number of ether oxygens (including phenoxy) is 1. The molecular formula is C10H8BrO3. The molecule has 0 aliphatic carbocycles. The van der Waals surface area contributed by atoms with Crippen LogP contribution in [0.4, 0.5) is 0 Å². The van der Waals surface area contributed by atoms with Gasteiger partial charge in [-0.25, -0.2) is 0 Å². The van der Waals surface area contributed by atoms with Gasteiger partial charge in [-0.3, -0.25) is 9.59 Å². The molecule has 73 valence electrons. The Morgan fingerprint density at radius 2 is 2.29 bits per heavy atom. The van der Waals surface area contributed by atoms with E-state index in [1.807, 2.05) is 0 Å². The summed E-state index contributed by atoms with van der Waals surface area (Å²) in [6, 6.07) is 4.83. The second-order valence-corrected chi connectivity index (χ2v) is 3.44. The van der Waals surface area contributed by atoms with Crippen LogP contribution in [-0.4, -0.2) is 12.3 Å². The van der Waals surface area contributed by atoms with Gasteiger partial charge in [0.1, 0.15) is 5.75 Å². The van der Waals surface area contributed by atoms with Crippen molar-refractivity contribution in [2.75, 3.05) is 0 Å². The number of benzene rings is 1. The minimum atomic E-state index is -0.463. The van der Waals surface area contributed by atoms with Gasteiger partial charge in [-0.2, -0.15) is 0 Å². The van der Waals surface area contributed by atoms with Crippen molar-refractivity contribution in [2.45, 2.75) is 6.42 Å². The molecule has 0 aliphatic heterocycles. The number of halogens is 1. The van der Waals surface area contributed by atoms with Gasteiger partial charge in [-0.15, -0.1) is 0 Å². The second kappa shape index (κ2) is 4.91. The van der Waals surface area contributed by atoms with Gasteiger partial charge in [0.2, 0.25) is 0 Å². The summed E-state index contributed by atoms with van der Waals surface area (Å²) < 4.78 is 5.65. The van der Waals surface area contributed by atoms with Crippen LogP contribution in [0, 0.1) is 6.92 Å². The van der Waals surface area contributed by atoms with Gasteiger partial charge in [-0.1, -0.05) is 15.9 Å². The monoisotopic (exact) mass is 255 g/mol. The third-order valence-corrected chi connectivity index (χ3v) is 2.02. The maximum atomic E-state index is 10.9. The summed E-state index contributed by atoms with van der Waals surface area (Å²) >= 11 is 3.21. The van der Waals surface area contributed by atoms with Gasteiger partial charge in [0.25, 0.3) is 0 Å². The van der Waals surface area contributed by atoms with Crippen LogP contribution >= 0.6 is 15.9 Å². The molecule has 0 heterocycles. The first-order valence-corrected chi connectivity index (χ1v) is 4.71. The molecule has 0 spiro atoms. The first-order valence-electron chi connectivity index (χ1n) is 3.92. The Morgan fingerprint density at radius 1 is 1.57 bits per heavy atom. The SMILES string of the molecule is [CH2]CC(=O)Oc1ccc(Br)cc1C=O. The van der Waals surface area contributed by atoms with E-state index in [4.69, 9.17) is 4.74 Å². The number of rotatable bonds is 3. The number of hydrogen-bond donors (Lipinski definition) is 0. The van der Waals surface area contributed by atoms with E-state index >= 15 is 0 Å². The Kier molecular flexibility index (Phi) is 3.83. The molecule has 0 saturated carbocycles. The van der Waals surface area contributed by atoms with Crippen molar-refractivity contribution in [2.24, 2.45) is 0 Å². The number of carbonyl (C=O) groups excluding carboxylic acids is 2. The lowest BCUT2D eigenvalue weighted by Gasteiger charge is -2.05. The summed E-state index contributed by atoms with van der Waals surface area (Å²) in [5.41, 5.74) is 0.334. The van der Waals surface area contributed by atoms with Crippen molar-refractivity contribution < 1.29 is 14.3 Å². The molecule has 1 rings (SSSR count). The zero-order valence-corrected chi connectivity index (χ0v) is 8.91. The van der Waals surface area contributed by atoms with Crippen molar-refractivity contribution in [3.8, 4) is 5.75 Å². The van der Waals surface area contributed by atoms with Crippen molar-refractivity contribution >= 4 is 28.2 Å². The smallest absolute Gasteiger partial charge is 0.311 e. The number of aldehydes is 1. The third-order valence-electron chi connectivity index (χ3n) is 1.53. The number of esters is 1. The van der Waals surface area contributed by atoms with Gasteiger partial charge < -0.3 is 4.74 Å². The second-order valence-electron chi connectivity index (χ2n) is 2.52. The number of carbonyl (C=O) groups is 2. The average Bonchev–Trinajstić information content (AvgIpc) is 2.20. The molecule has 1 aromatic carbocycles. The van der Waals surface area contributed by atoms with Crippen molar-refractivity contribution in [1.29, 1.82) is 0 Å². The van der Waals surface area contributed by atoms with Crippen LogP contribution in [0.2, 0.25) is 0 Å². The highest BCUT2D eigenvalue weighted by Crippen LogP contribution is 2.21. The van der Waals surface area contributed by atoms with Crippen LogP contribution in [0.25, 0.3) is 0 Å². The maximum Gasteiger partial charge on any atom is 0.311 e. The fourth-order valence-corrected chi connectivity index (χ4v) is 1.26. The van der Waals surface area contributed by atoms with Crippen molar-refractivity contribution in [3.05, 3.63) is 35.2 Å². The van der Waals surface area contributed by atoms with E-state index in [0.29, 0.717) is 11.8 Å². The van der Waals surface area contributed by atoms with Gasteiger partial charge in [0.15, 0.2) is 6.29 Å². The molecule has 0 N–H and O–H groups in total. The van der Waals surface area contributed by atoms with E-state index in [0.717, 1.165) is 4.47 Å². The minimum absolute atomic E-state index is 0.0361. The quantitative estimate of drug-likeness (QED) is 0.473. The fourth-order valence-electron chi connectivity index (χ4n) is 0.878. The molecule has 0 amide bonds. The summed E-state index contributed by atoms with van der Waals surface area (Å²) in [5, 5.41) is 0. The van der Waals surface area contributed by atoms with Gasteiger partial charge in [0, 0.05) is 10.9 Å². The molecule has 4 heteroatoms. The molecule has 0 atom stereocenters. The fraction of sp³-hybridized carbons (Fsp3) is 0.100. The van der Waals surface area contributed by atoms with Gasteiger partial charge >= 0.3 is 5.97 Å². The van der Waals surface area contributed by atoms with E-state index in [1.165, 1.54) is 0 Å². The molecule has 14 heavy (non-hydrogen) atoms. The predicted molar refractivity (Wildman–Crippen MR) is 55.1 cm³/mol. The zero-order chi connectivity index (χ0) is 10.6. The van der Waals surface area contributed by atoms with Crippen LogP contribution in [0.5, 0.6) is 5.75 Å². The van der Waals surface area contributed by atoms with Crippen LogP contribution in [-0.2, 0) is 4.79 Å². The Labute approximate surface area is 90.2 Å². The summed E-state index contributed by atoms with van der Waals surface area (Å²) in [6.45, 7) is 3.38. The first kappa shape index (κ1) is 10.9. The van der Waals surface area contributed by atoms with Crippen LogP contribution in [0.3, 0.4) is 0 Å². The molecule has 3 nitrogen and oxygen atoms in total. The molecule has 0 bridgehead atoms. The van der Waals surface area contributed by atoms with E-state index in [2.05, 4.69) is 22.9 Å². The standard InChI is InChI=1S/C10H8BrO3/c1-2-10(13)14-9-4-3-8(11)5-7(9)6-12/h3-6H,1-2H2. The Hall–Kier alpha value is -1.16. The highest BCUT2D eigenvalue weighted by Gasteiger charge is 2.07. The molecule has 0 unspecified atom stereocenters. The van der Waals surface area contributed by atoms with E-state index in [1.54, 1.807) is 18.2 Å². The highest BCUT2D eigenvalue weighted by molar-refractivity contribution is 9.10. The topological polar surface area (TPSA) is 43.4 Å². The Morgan fingerprint density at radius 3 is 2.86 bits per heavy atom. The summed E-state index contributed by atoms with van der Waals surface area (Å²) in [6.07, 6.45) is 0.671. The third kappa shape index (κ3) is 2.67. The van der Waals surface area contributed by atoms with Crippen molar-refractivity contribution in [1.82, 2.24) is 0 Å². The predicted octanol–water partition coefficient (Wildman–Crippen LogP) is 2.39. The molecule has 0 aromatic heterocycles. The minimum Gasteiger partial charge on any atom is -0.426 e. The molecule has 1 aromatic rings. The summed E-state index contributed by atoms with van der Waals surface area (Å²) in [7, 11) is 0. The zero-order valence-electron chi connectivity index (χ0n) is 7.33. The van der Waals surface area contributed by atoms with Gasteiger partial charge in [0.05, 0.1) is 5.56 Å². The lowest BCUT2D eigenvalue weighted by molar-refractivity contribution is -0.133. The van der Waals surface area contributed by atoms with E-state index < -0.39 is 5.97 Å². The summed E-state index contributed by atoms with van der Waals surface area (Å²) in [4.78, 5) is 21.5. The van der Waals surface area contributed by atoms with Crippen LogP contribution < -0.4 is 4.74 Å². The molecule has 1 radical (unpaired) electrons. The van der Waals surface area contributed by atoms with Gasteiger partial charge in [-0.05, 0) is 25.1 Å². The lowest BCUT2D eigenvalue weighted by Crippen LogP contribution is -2.07. The maximum absolute atomic E-state index is 10.9.